The first-order valence-electron chi connectivity index (χ1n) is 10.8. The Balaban J connectivity index is 1.63. The molecule has 1 fully saturated rings. The Morgan fingerprint density at radius 2 is 2.00 bits per heavy atom. The van der Waals surface area contributed by atoms with E-state index in [1.807, 2.05) is 38.1 Å². The Hall–Kier alpha value is -3.45. The summed E-state index contributed by atoms with van der Waals surface area (Å²) in [7, 11) is 0. The first-order chi connectivity index (χ1) is 15.5. The van der Waals surface area contributed by atoms with E-state index in [1.54, 1.807) is 12.1 Å². The Morgan fingerprint density at radius 3 is 2.75 bits per heavy atom. The second-order valence-corrected chi connectivity index (χ2v) is 8.22. The standard InChI is InChI=1S/C25H25FN4O2/c1-15-16(2)30(14-17-8-7-13-32-17)24(29-25(31)18-9-3-4-10-19(18)26)22(15)23-27-20-11-5-6-12-21(20)28-23/h3-6,9-12,17H,7-8,13-14H2,1-2H3,(H,27,28)(H,29,31). The molecule has 1 atom stereocenters. The van der Waals surface area contributed by atoms with E-state index in [1.165, 1.54) is 12.1 Å². The van der Waals surface area contributed by atoms with Crippen molar-refractivity contribution in [2.45, 2.75) is 39.3 Å². The molecule has 4 aromatic rings. The maximum absolute atomic E-state index is 14.3. The fourth-order valence-electron chi connectivity index (χ4n) is 4.39. The Morgan fingerprint density at radius 1 is 1.22 bits per heavy atom. The fourth-order valence-corrected chi connectivity index (χ4v) is 4.39. The van der Waals surface area contributed by atoms with Gasteiger partial charge in [-0.15, -0.1) is 0 Å². The van der Waals surface area contributed by atoms with Gasteiger partial charge in [0.25, 0.3) is 5.91 Å². The van der Waals surface area contributed by atoms with E-state index in [2.05, 4.69) is 14.9 Å². The number of H-pyrrole nitrogens is 1. The number of nitrogens with zero attached hydrogens (tertiary/aromatic N) is 2. The number of nitrogens with one attached hydrogen (secondary N) is 2. The second kappa shape index (κ2) is 8.24. The lowest BCUT2D eigenvalue weighted by Crippen LogP contribution is -2.21. The number of para-hydroxylation sites is 2. The molecule has 0 saturated carbocycles. The monoisotopic (exact) mass is 432 g/mol. The smallest absolute Gasteiger partial charge is 0.259 e. The van der Waals surface area contributed by atoms with Crippen molar-refractivity contribution in [3.05, 3.63) is 71.2 Å². The van der Waals surface area contributed by atoms with Crippen LogP contribution in [0.5, 0.6) is 0 Å². The number of aromatic amines is 1. The van der Waals surface area contributed by atoms with E-state index in [0.29, 0.717) is 18.2 Å². The number of imidazole rings is 1. The minimum absolute atomic E-state index is 0.00299. The average molecular weight is 432 g/mol. The summed E-state index contributed by atoms with van der Waals surface area (Å²) in [5, 5.41) is 2.98. The van der Waals surface area contributed by atoms with Crippen molar-refractivity contribution in [1.82, 2.24) is 14.5 Å². The minimum atomic E-state index is -0.555. The van der Waals surface area contributed by atoms with E-state index in [4.69, 9.17) is 9.72 Å². The lowest BCUT2D eigenvalue weighted by atomic mass is 10.1. The van der Waals surface area contributed by atoms with Gasteiger partial charge in [-0.25, -0.2) is 9.37 Å². The quantitative estimate of drug-likeness (QED) is 0.454. The zero-order valence-corrected chi connectivity index (χ0v) is 18.1. The summed E-state index contributed by atoms with van der Waals surface area (Å²) >= 11 is 0. The van der Waals surface area contributed by atoms with Gasteiger partial charge in [-0.2, -0.15) is 0 Å². The van der Waals surface area contributed by atoms with E-state index in [-0.39, 0.29) is 11.7 Å². The molecular weight excluding hydrogens is 407 g/mol. The van der Waals surface area contributed by atoms with Crippen molar-refractivity contribution >= 4 is 22.8 Å². The zero-order valence-electron chi connectivity index (χ0n) is 18.1. The highest BCUT2D eigenvalue weighted by Crippen LogP contribution is 2.37. The molecule has 2 N–H and O–H groups in total. The van der Waals surface area contributed by atoms with Crippen LogP contribution in [0.1, 0.15) is 34.5 Å². The number of anilines is 1. The second-order valence-electron chi connectivity index (χ2n) is 8.22. The number of hydrogen-bond donors (Lipinski definition) is 2. The van der Waals surface area contributed by atoms with Gasteiger partial charge in [0.1, 0.15) is 17.5 Å². The molecule has 3 heterocycles. The predicted octanol–water partition coefficient (Wildman–Crippen LogP) is 5.22. The van der Waals surface area contributed by atoms with Crippen molar-refractivity contribution in [3.63, 3.8) is 0 Å². The van der Waals surface area contributed by atoms with Crippen molar-refractivity contribution in [3.8, 4) is 11.4 Å². The molecule has 0 aliphatic carbocycles. The van der Waals surface area contributed by atoms with Crippen LogP contribution in [0.15, 0.2) is 48.5 Å². The molecule has 6 nitrogen and oxygen atoms in total. The van der Waals surface area contributed by atoms with Gasteiger partial charge in [0.05, 0.1) is 34.8 Å². The summed E-state index contributed by atoms with van der Waals surface area (Å²) in [4.78, 5) is 21.2. The third kappa shape index (κ3) is 3.58. The number of amides is 1. The minimum Gasteiger partial charge on any atom is -0.376 e. The number of benzene rings is 2. The molecule has 164 valence electrons. The zero-order chi connectivity index (χ0) is 22.2. The molecule has 5 rings (SSSR count). The molecule has 1 amide bonds. The molecular formula is C25H25FN4O2. The first kappa shape index (κ1) is 20.5. The molecule has 1 unspecified atom stereocenters. The van der Waals surface area contributed by atoms with Gasteiger partial charge in [-0.3, -0.25) is 4.79 Å². The summed E-state index contributed by atoms with van der Waals surface area (Å²) < 4.78 is 22.2. The van der Waals surface area contributed by atoms with Crippen LogP contribution in [-0.2, 0) is 11.3 Å². The van der Waals surface area contributed by atoms with Crippen LogP contribution in [0, 0.1) is 19.7 Å². The van der Waals surface area contributed by atoms with Gasteiger partial charge in [0.15, 0.2) is 0 Å². The number of rotatable bonds is 5. The number of halogens is 1. The van der Waals surface area contributed by atoms with Gasteiger partial charge < -0.3 is 19.6 Å². The highest BCUT2D eigenvalue weighted by atomic mass is 19.1. The predicted molar refractivity (Wildman–Crippen MR) is 122 cm³/mol. The highest BCUT2D eigenvalue weighted by molar-refractivity contribution is 6.06. The molecule has 1 aliphatic rings. The lowest BCUT2D eigenvalue weighted by molar-refractivity contribution is 0.0961. The highest BCUT2D eigenvalue weighted by Gasteiger charge is 2.27. The van der Waals surface area contributed by atoms with E-state index < -0.39 is 11.7 Å². The van der Waals surface area contributed by atoms with Crippen LogP contribution >= 0.6 is 0 Å². The van der Waals surface area contributed by atoms with Crippen molar-refractivity contribution in [2.75, 3.05) is 11.9 Å². The van der Waals surface area contributed by atoms with E-state index >= 15 is 0 Å². The number of carbonyl (C=O) groups excluding carboxylic acids is 1. The summed E-state index contributed by atoms with van der Waals surface area (Å²) in [6, 6.07) is 13.8. The van der Waals surface area contributed by atoms with Crippen molar-refractivity contribution in [1.29, 1.82) is 0 Å². The molecule has 1 saturated heterocycles. The number of hydrogen-bond acceptors (Lipinski definition) is 3. The number of fused-ring (bicyclic) bond motifs is 1. The summed E-state index contributed by atoms with van der Waals surface area (Å²) in [5.74, 6) is 0.219. The van der Waals surface area contributed by atoms with Crippen LogP contribution in [0.25, 0.3) is 22.4 Å². The van der Waals surface area contributed by atoms with Gasteiger partial charge >= 0.3 is 0 Å². The number of ether oxygens (including phenoxy) is 1. The Bertz CT molecular complexity index is 1270. The number of aromatic nitrogens is 3. The third-order valence-corrected chi connectivity index (χ3v) is 6.22. The largest absolute Gasteiger partial charge is 0.376 e. The summed E-state index contributed by atoms with van der Waals surface area (Å²) in [6.07, 6.45) is 2.07. The van der Waals surface area contributed by atoms with Crippen molar-refractivity contribution in [2.24, 2.45) is 0 Å². The normalized spacial score (nSPS) is 16.0. The Labute approximate surface area is 185 Å². The third-order valence-electron chi connectivity index (χ3n) is 6.22. The summed E-state index contributed by atoms with van der Waals surface area (Å²) in [5.41, 5.74) is 4.59. The lowest BCUT2D eigenvalue weighted by Gasteiger charge is -2.17. The van der Waals surface area contributed by atoms with E-state index in [0.717, 1.165) is 47.3 Å². The fraction of sp³-hybridized carbons (Fsp3) is 0.280. The van der Waals surface area contributed by atoms with Gasteiger partial charge in [-0.1, -0.05) is 24.3 Å². The topological polar surface area (TPSA) is 71.9 Å². The van der Waals surface area contributed by atoms with Crippen LogP contribution in [0.2, 0.25) is 0 Å². The van der Waals surface area contributed by atoms with Gasteiger partial charge in [0.2, 0.25) is 0 Å². The van der Waals surface area contributed by atoms with Crippen LogP contribution in [-0.4, -0.2) is 33.2 Å². The number of carbonyl (C=O) groups is 1. The van der Waals surface area contributed by atoms with Crippen molar-refractivity contribution < 1.29 is 13.9 Å². The van der Waals surface area contributed by atoms with Crippen LogP contribution < -0.4 is 5.32 Å². The molecule has 0 spiro atoms. The van der Waals surface area contributed by atoms with Gasteiger partial charge in [0, 0.05) is 12.3 Å². The molecule has 32 heavy (non-hydrogen) atoms. The molecule has 2 aromatic heterocycles. The van der Waals surface area contributed by atoms with Crippen LogP contribution in [0.4, 0.5) is 10.2 Å². The molecule has 7 heteroatoms. The first-order valence-corrected chi connectivity index (χ1v) is 10.8. The maximum atomic E-state index is 14.3. The van der Waals surface area contributed by atoms with E-state index in [9.17, 15) is 9.18 Å². The van der Waals surface area contributed by atoms with Gasteiger partial charge in [-0.05, 0) is 56.5 Å². The molecule has 0 bridgehead atoms. The molecule has 0 radical (unpaired) electrons. The Kier molecular flexibility index (Phi) is 5.27. The molecule has 1 aliphatic heterocycles. The maximum Gasteiger partial charge on any atom is 0.259 e. The average Bonchev–Trinajstić information content (AvgIpc) is 3.50. The summed E-state index contributed by atoms with van der Waals surface area (Å²) in [6.45, 7) is 5.40. The SMILES string of the molecule is Cc1c(-c2nc3ccccc3[nH]2)c(NC(=O)c2ccccc2F)n(CC2CCCO2)c1C. The van der Waals surface area contributed by atoms with Crippen LogP contribution in [0.3, 0.4) is 0 Å². The molecule has 2 aromatic carbocycles.